The number of phenols is 1. The summed E-state index contributed by atoms with van der Waals surface area (Å²) in [6.07, 6.45) is 3.43. The minimum Gasteiger partial charge on any atom is -0.508 e. The fourth-order valence-electron chi connectivity index (χ4n) is 2.51. The predicted octanol–water partition coefficient (Wildman–Crippen LogP) is 2.96. The van der Waals surface area contributed by atoms with Gasteiger partial charge in [-0.15, -0.1) is 0 Å². The Morgan fingerprint density at radius 1 is 1.50 bits per heavy atom. The van der Waals surface area contributed by atoms with Gasteiger partial charge in [0, 0.05) is 18.7 Å². The number of amides is 1. The fraction of sp³-hybridized carbons (Fsp3) is 0.533. The van der Waals surface area contributed by atoms with Crippen LogP contribution in [-0.4, -0.2) is 29.0 Å². The zero-order valence-corrected chi connectivity index (χ0v) is 11.1. The normalized spacial score (nSPS) is 19.9. The number of hydrogen-bond acceptors (Lipinski definition) is 2. The summed E-state index contributed by atoms with van der Waals surface area (Å²) in [6, 6.07) is 5.17. The number of benzene rings is 1. The minimum atomic E-state index is 0.0449. The van der Waals surface area contributed by atoms with Gasteiger partial charge in [-0.05, 0) is 43.4 Å². The third kappa shape index (κ3) is 2.66. The third-order valence-corrected chi connectivity index (χ3v) is 3.84. The molecule has 2 rings (SSSR count). The van der Waals surface area contributed by atoms with E-state index in [0.29, 0.717) is 11.5 Å². The molecule has 98 valence electrons. The molecule has 1 heterocycles. The highest BCUT2D eigenvalue weighted by atomic mass is 16.3. The molecule has 1 aromatic rings. The molecule has 3 heteroatoms. The molecule has 0 bridgehead atoms. The van der Waals surface area contributed by atoms with Gasteiger partial charge in [0.25, 0.3) is 5.91 Å². The van der Waals surface area contributed by atoms with Crippen molar-refractivity contribution in [3.05, 3.63) is 29.3 Å². The standard InChI is InChI=1S/C15H21NO2/c1-3-12-5-4-8-16(10-12)15(18)13-7-6-11(2)14(17)9-13/h6-7,9,12,17H,3-5,8,10H2,1-2H3. The Morgan fingerprint density at radius 3 is 2.94 bits per heavy atom. The molecule has 1 aliphatic heterocycles. The van der Waals surface area contributed by atoms with Gasteiger partial charge in [-0.1, -0.05) is 19.4 Å². The van der Waals surface area contributed by atoms with E-state index >= 15 is 0 Å². The second-order valence-electron chi connectivity index (χ2n) is 5.17. The first-order valence-electron chi connectivity index (χ1n) is 6.70. The fourth-order valence-corrected chi connectivity index (χ4v) is 2.51. The van der Waals surface area contributed by atoms with Crippen LogP contribution in [0.4, 0.5) is 0 Å². The molecular formula is C15H21NO2. The molecule has 0 aromatic heterocycles. The molecular weight excluding hydrogens is 226 g/mol. The van der Waals surface area contributed by atoms with Crippen LogP contribution in [0.5, 0.6) is 5.75 Å². The van der Waals surface area contributed by atoms with Crippen molar-refractivity contribution in [2.45, 2.75) is 33.1 Å². The molecule has 1 saturated heterocycles. The Bertz CT molecular complexity index is 442. The van der Waals surface area contributed by atoms with Crippen molar-refractivity contribution in [3.63, 3.8) is 0 Å². The Morgan fingerprint density at radius 2 is 2.28 bits per heavy atom. The summed E-state index contributed by atoms with van der Waals surface area (Å²) < 4.78 is 0. The predicted molar refractivity (Wildman–Crippen MR) is 71.8 cm³/mol. The van der Waals surface area contributed by atoms with Crippen LogP contribution in [0, 0.1) is 12.8 Å². The van der Waals surface area contributed by atoms with Crippen molar-refractivity contribution in [1.82, 2.24) is 4.90 Å². The molecule has 0 radical (unpaired) electrons. The van der Waals surface area contributed by atoms with E-state index in [1.54, 1.807) is 18.2 Å². The quantitative estimate of drug-likeness (QED) is 0.872. The minimum absolute atomic E-state index is 0.0449. The molecule has 1 unspecified atom stereocenters. The Kier molecular flexibility index (Phi) is 3.90. The summed E-state index contributed by atoms with van der Waals surface area (Å²) in [5.74, 6) is 0.870. The molecule has 18 heavy (non-hydrogen) atoms. The zero-order valence-electron chi connectivity index (χ0n) is 11.1. The number of likely N-dealkylation sites (tertiary alicyclic amines) is 1. The van der Waals surface area contributed by atoms with Crippen LogP contribution in [0.1, 0.15) is 42.1 Å². The lowest BCUT2D eigenvalue weighted by Gasteiger charge is -2.32. The van der Waals surface area contributed by atoms with Gasteiger partial charge in [0.15, 0.2) is 0 Å². The van der Waals surface area contributed by atoms with Crippen molar-refractivity contribution in [3.8, 4) is 5.75 Å². The molecule has 1 N–H and O–H groups in total. The number of hydrogen-bond donors (Lipinski definition) is 1. The van der Waals surface area contributed by atoms with Gasteiger partial charge in [0.1, 0.15) is 5.75 Å². The molecule has 0 saturated carbocycles. The maximum atomic E-state index is 12.3. The topological polar surface area (TPSA) is 40.5 Å². The van der Waals surface area contributed by atoms with Crippen LogP contribution >= 0.6 is 0 Å². The summed E-state index contributed by atoms with van der Waals surface area (Å²) in [6.45, 7) is 5.70. The van der Waals surface area contributed by atoms with Crippen LogP contribution in [0.25, 0.3) is 0 Å². The average Bonchev–Trinajstić information content (AvgIpc) is 2.41. The van der Waals surface area contributed by atoms with Gasteiger partial charge in [0.2, 0.25) is 0 Å². The maximum absolute atomic E-state index is 12.3. The molecule has 1 aliphatic rings. The van der Waals surface area contributed by atoms with Crippen LogP contribution in [0.15, 0.2) is 18.2 Å². The van der Waals surface area contributed by atoms with E-state index in [4.69, 9.17) is 0 Å². The van der Waals surface area contributed by atoms with Crippen LogP contribution in [0.2, 0.25) is 0 Å². The smallest absolute Gasteiger partial charge is 0.253 e. The van der Waals surface area contributed by atoms with Crippen LogP contribution in [-0.2, 0) is 0 Å². The number of carbonyl (C=O) groups excluding carboxylic acids is 1. The van der Waals surface area contributed by atoms with Crippen LogP contribution < -0.4 is 0 Å². The summed E-state index contributed by atoms with van der Waals surface area (Å²) in [4.78, 5) is 14.3. The lowest BCUT2D eigenvalue weighted by molar-refractivity contribution is 0.0671. The number of aryl methyl sites for hydroxylation is 1. The summed E-state index contributed by atoms with van der Waals surface area (Å²) in [7, 11) is 0. The van der Waals surface area contributed by atoms with Gasteiger partial charge in [-0.2, -0.15) is 0 Å². The van der Waals surface area contributed by atoms with E-state index < -0.39 is 0 Å². The lowest BCUT2D eigenvalue weighted by Crippen LogP contribution is -2.39. The Labute approximate surface area is 108 Å². The summed E-state index contributed by atoms with van der Waals surface area (Å²) in [5, 5.41) is 9.67. The van der Waals surface area contributed by atoms with E-state index in [1.807, 2.05) is 11.8 Å². The van der Waals surface area contributed by atoms with Gasteiger partial charge in [-0.25, -0.2) is 0 Å². The zero-order chi connectivity index (χ0) is 13.1. The van der Waals surface area contributed by atoms with E-state index in [0.717, 1.165) is 31.5 Å². The maximum Gasteiger partial charge on any atom is 0.253 e. The van der Waals surface area contributed by atoms with Crippen molar-refractivity contribution in [1.29, 1.82) is 0 Å². The number of aromatic hydroxyl groups is 1. The van der Waals surface area contributed by atoms with E-state index in [2.05, 4.69) is 6.92 Å². The highest BCUT2D eigenvalue weighted by molar-refractivity contribution is 5.94. The number of piperidine rings is 1. The molecule has 1 fully saturated rings. The highest BCUT2D eigenvalue weighted by Gasteiger charge is 2.23. The molecule has 0 spiro atoms. The summed E-state index contributed by atoms with van der Waals surface area (Å²) in [5.41, 5.74) is 1.39. The number of carbonyl (C=O) groups is 1. The lowest BCUT2D eigenvalue weighted by atomic mass is 9.95. The van der Waals surface area contributed by atoms with E-state index in [1.165, 1.54) is 6.42 Å². The number of phenolic OH excluding ortho intramolecular Hbond substituents is 1. The average molecular weight is 247 g/mol. The molecule has 3 nitrogen and oxygen atoms in total. The Hall–Kier alpha value is -1.51. The van der Waals surface area contributed by atoms with Gasteiger partial charge < -0.3 is 10.0 Å². The largest absolute Gasteiger partial charge is 0.508 e. The molecule has 1 amide bonds. The third-order valence-electron chi connectivity index (χ3n) is 3.84. The molecule has 1 atom stereocenters. The summed E-state index contributed by atoms with van der Waals surface area (Å²) >= 11 is 0. The second kappa shape index (κ2) is 5.42. The Balaban J connectivity index is 2.12. The van der Waals surface area contributed by atoms with Gasteiger partial charge >= 0.3 is 0 Å². The van der Waals surface area contributed by atoms with E-state index in [9.17, 15) is 9.90 Å². The van der Waals surface area contributed by atoms with Crippen LogP contribution in [0.3, 0.4) is 0 Å². The number of rotatable bonds is 2. The van der Waals surface area contributed by atoms with Crippen molar-refractivity contribution < 1.29 is 9.90 Å². The second-order valence-corrected chi connectivity index (χ2v) is 5.17. The monoisotopic (exact) mass is 247 g/mol. The first-order chi connectivity index (χ1) is 8.61. The SMILES string of the molecule is CCC1CCCN(C(=O)c2ccc(C)c(O)c2)C1. The molecule has 0 aliphatic carbocycles. The van der Waals surface area contributed by atoms with Gasteiger partial charge in [0.05, 0.1) is 0 Å². The van der Waals surface area contributed by atoms with Gasteiger partial charge in [-0.3, -0.25) is 4.79 Å². The number of nitrogens with zero attached hydrogens (tertiary/aromatic N) is 1. The highest BCUT2D eigenvalue weighted by Crippen LogP contribution is 2.23. The van der Waals surface area contributed by atoms with Crippen molar-refractivity contribution in [2.24, 2.45) is 5.92 Å². The van der Waals surface area contributed by atoms with Crippen molar-refractivity contribution in [2.75, 3.05) is 13.1 Å². The first kappa shape index (κ1) is 12.9. The first-order valence-corrected chi connectivity index (χ1v) is 6.70. The van der Waals surface area contributed by atoms with E-state index in [-0.39, 0.29) is 11.7 Å². The van der Waals surface area contributed by atoms with Crippen molar-refractivity contribution >= 4 is 5.91 Å². The molecule has 1 aromatic carbocycles.